The number of piperidine rings is 2. The monoisotopic (exact) mass is 505 g/mol. The highest BCUT2D eigenvalue weighted by molar-refractivity contribution is 9.10. The van der Waals surface area contributed by atoms with Crippen LogP contribution in [0.4, 0.5) is 0 Å². The fourth-order valence-corrected chi connectivity index (χ4v) is 5.56. The van der Waals surface area contributed by atoms with E-state index in [4.69, 9.17) is 4.74 Å². The van der Waals surface area contributed by atoms with Crippen molar-refractivity contribution in [2.24, 2.45) is 5.92 Å². The van der Waals surface area contributed by atoms with Crippen LogP contribution in [0.2, 0.25) is 0 Å². The van der Waals surface area contributed by atoms with Crippen molar-refractivity contribution in [1.29, 1.82) is 0 Å². The van der Waals surface area contributed by atoms with Gasteiger partial charge in [-0.2, -0.15) is 0 Å². The van der Waals surface area contributed by atoms with Gasteiger partial charge in [0.15, 0.2) is 0 Å². The second-order valence-electron chi connectivity index (χ2n) is 8.33. The number of hydrogen-bond acceptors (Lipinski definition) is 5. The summed E-state index contributed by atoms with van der Waals surface area (Å²) in [6, 6.07) is 7.79. The van der Waals surface area contributed by atoms with Crippen molar-refractivity contribution in [2.45, 2.75) is 45.1 Å². The summed E-state index contributed by atoms with van der Waals surface area (Å²) in [6.45, 7) is 4.68. The third-order valence-electron chi connectivity index (χ3n) is 6.12. The molecular formula is C23H28BrN3O3S. The van der Waals surface area contributed by atoms with Gasteiger partial charge in [-0.25, -0.2) is 4.98 Å². The van der Waals surface area contributed by atoms with Gasteiger partial charge >= 0.3 is 0 Å². The molecule has 2 aliphatic heterocycles. The van der Waals surface area contributed by atoms with Gasteiger partial charge in [-0.05, 0) is 44.4 Å². The number of halogens is 1. The minimum Gasteiger partial charge on any atom is -0.490 e. The van der Waals surface area contributed by atoms with Gasteiger partial charge in [-0.3, -0.25) is 9.59 Å². The van der Waals surface area contributed by atoms with E-state index in [0.717, 1.165) is 41.8 Å². The number of carbonyl (C=O) groups excluding carboxylic acids is 2. The second kappa shape index (κ2) is 10.1. The molecule has 0 spiro atoms. The number of benzene rings is 1. The fraction of sp³-hybridized carbons (Fsp3) is 0.522. The molecule has 6 nitrogen and oxygen atoms in total. The first kappa shape index (κ1) is 22.3. The lowest BCUT2D eigenvalue weighted by molar-refractivity contribution is -0.134. The van der Waals surface area contributed by atoms with Crippen molar-refractivity contribution in [3.63, 3.8) is 0 Å². The molecule has 0 saturated carbocycles. The van der Waals surface area contributed by atoms with Crippen LogP contribution >= 0.6 is 27.3 Å². The first-order valence-electron chi connectivity index (χ1n) is 10.9. The van der Waals surface area contributed by atoms with E-state index in [2.05, 4.69) is 20.9 Å². The second-order valence-corrected chi connectivity index (χ2v) is 10.1. The van der Waals surface area contributed by atoms with Gasteiger partial charge in [0.1, 0.15) is 16.7 Å². The van der Waals surface area contributed by atoms with Crippen LogP contribution < -0.4 is 4.74 Å². The summed E-state index contributed by atoms with van der Waals surface area (Å²) in [6.07, 6.45) is 4.35. The van der Waals surface area contributed by atoms with Crippen molar-refractivity contribution in [3.05, 3.63) is 44.8 Å². The van der Waals surface area contributed by atoms with Gasteiger partial charge in [0.05, 0.1) is 11.2 Å². The number of aryl methyl sites for hydroxylation is 1. The average Bonchev–Trinajstić information content (AvgIpc) is 3.21. The fourth-order valence-electron chi connectivity index (χ4n) is 4.41. The predicted octanol–water partition coefficient (Wildman–Crippen LogP) is 4.53. The molecular weight excluding hydrogens is 478 g/mol. The predicted molar refractivity (Wildman–Crippen MR) is 124 cm³/mol. The Balaban J connectivity index is 1.49. The van der Waals surface area contributed by atoms with Crippen LogP contribution in [0, 0.1) is 12.8 Å². The highest BCUT2D eigenvalue weighted by Crippen LogP contribution is 2.29. The Bertz CT molecular complexity index is 928. The number of ether oxygens (including phenoxy) is 1. The van der Waals surface area contributed by atoms with E-state index >= 15 is 0 Å². The van der Waals surface area contributed by atoms with Gasteiger partial charge in [-0.1, -0.05) is 22.0 Å². The van der Waals surface area contributed by atoms with Crippen molar-refractivity contribution in [2.75, 3.05) is 26.2 Å². The van der Waals surface area contributed by atoms with Crippen LogP contribution in [0.25, 0.3) is 0 Å². The average molecular weight is 506 g/mol. The SMILES string of the molecule is Cc1ncsc1C(=O)N1CC[C@H](Oc2cccc(Br)c2)[C@@H](CC(=O)N2CCCCC2)C1. The lowest BCUT2D eigenvalue weighted by atomic mass is 9.90. The highest BCUT2D eigenvalue weighted by atomic mass is 79.9. The maximum absolute atomic E-state index is 13.1. The number of nitrogens with zero attached hydrogens (tertiary/aromatic N) is 3. The van der Waals surface area contributed by atoms with Gasteiger partial charge in [0, 0.05) is 49.4 Å². The first-order chi connectivity index (χ1) is 15.0. The number of rotatable bonds is 5. The number of thiazole rings is 1. The molecule has 2 atom stereocenters. The van der Waals surface area contributed by atoms with Crippen LogP contribution in [0.5, 0.6) is 5.75 Å². The third kappa shape index (κ3) is 5.47. The number of carbonyl (C=O) groups is 2. The van der Waals surface area contributed by atoms with Crippen LogP contribution in [0.15, 0.2) is 34.2 Å². The Hall–Kier alpha value is -1.93. The van der Waals surface area contributed by atoms with E-state index < -0.39 is 0 Å². The largest absolute Gasteiger partial charge is 0.490 e. The van der Waals surface area contributed by atoms with Crippen molar-refractivity contribution in [1.82, 2.24) is 14.8 Å². The summed E-state index contributed by atoms with van der Waals surface area (Å²) in [5.41, 5.74) is 2.48. The molecule has 2 saturated heterocycles. The Morgan fingerprint density at radius 1 is 1.19 bits per heavy atom. The minimum absolute atomic E-state index is 0.0105. The lowest BCUT2D eigenvalue weighted by Gasteiger charge is -2.39. The number of aromatic nitrogens is 1. The molecule has 0 N–H and O–H groups in total. The molecule has 1 aromatic carbocycles. The Morgan fingerprint density at radius 2 is 2.00 bits per heavy atom. The molecule has 0 aliphatic carbocycles. The third-order valence-corrected chi connectivity index (χ3v) is 7.53. The maximum atomic E-state index is 13.1. The van der Waals surface area contributed by atoms with Crippen LogP contribution in [-0.4, -0.2) is 58.9 Å². The van der Waals surface area contributed by atoms with Crippen LogP contribution in [0.3, 0.4) is 0 Å². The Morgan fingerprint density at radius 3 is 2.71 bits per heavy atom. The zero-order valence-electron chi connectivity index (χ0n) is 17.8. The molecule has 2 amide bonds. The van der Waals surface area contributed by atoms with E-state index in [9.17, 15) is 9.59 Å². The molecule has 0 bridgehead atoms. The quantitative estimate of drug-likeness (QED) is 0.598. The summed E-state index contributed by atoms with van der Waals surface area (Å²) in [4.78, 5) is 34.9. The summed E-state index contributed by atoms with van der Waals surface area (Å²) in [7, 11) is 0. The summed E-state index contributed by atoms with van der Waals surface area (Å²) < 4.78 is 7.29. The van der Waals surface area contributed by atoms with Crippen molar-refractivity contribution < 1.29 is 14.3 Å². The maximum Gasteiger partial charge on any atom is 0.265 e. The molecule has 2 aromatic rings. The number of likely N-dealkylation sites (tertiary alicyclic amines) is 2. The van der Waals surface area contributed by atoms with Crippen molar-refractivity contribution in [3.8, 4) is 5.75 Å². The molecule has 0 radical (unpaired) electrons. The van der Waals surface area contributed by atoms with E-state index in [1.54, 1.807) is 5.51 Å². The molecule has 1 aromatic heterocycles. The van der Waals surface area contributed by atoms with E-state index in [1.165, 1.54) is 17.8 Å². The van der Waals surface area contributed by atoms with Crippen molar-refractivity contribution >= 4 is 39.1 Å². The van der Waals surface area contributed by atoms with Gasteiger partial charge in [0.25, 0.3) is 5.91 Å². The summed E-state index contributed by atoms with van der Waals surface area (Å²) >= 11 is 4.87. The molecule has 8 heteroatoms. The van der Waals surface area contributed by atoms with Gasteiger partial charge in [0.2, 0.25) is 5.91 Å². The molecule has 2 fully saturated rings. The van der Waals surface area contributed by atoms with E-state index in [0.29, 0.717) is 30.8 Å². The molecule has 31 heavy (non-hydrogen) atoms. The molecule has 4 rings (SSSR count). The minimum atomic E-state index is -0.102. The standard InChI is InChI=1S/C23H28BrN3O3S/c1-16-22(31-15-25-16)23(29)27-11-8-20(30-19-7-5-6-18(24)13-19)17(14-27)12-21(28)26-9-3-2-4-10-26/h5-7,13,15,17,20H,2-4,8-12,14H2,1H3/t17-,20-/m0/s1. The normalized spacial score (nSPS) is 21.7. The molecule has 166 valence electrons. The molecule has 0 unspecified atom stereocenters. The van der Waals surface area contributed by atoms with E-state index in [1.807, 2.05) is 41.0 Å². The summed E-state index contributed by atoms with van der Waals surface area (Å²) in [5, 5.41) is 0. The lowest BCUT2D eigenvalue weighted by Crippen LogP contribution is -2.49. The Labute approximate surface area is 195 Å². The van der Waals surface area contributed by atoms with Gasteiger partial charge in [-0.15, -0.1) is 11.3 Å². The summed E-state index contributed by atoms with van der Waals surface area (Å²) in [5.74, 6) is 0.930. The van der Waals surface area contributed by atoms with E-state index in [-0.39, 0.29) is 23.8 Å². The molecule has 3 heterocycles. The van der Waals surface area contributed by atoms with Crippen LogP contribution in [0.1, 0.15) is 47.5 Å². The number of hydrogen-bond donors (Lipinski definition) is 0. The molecule has 2 aliphatic rings. The smallest absolute Gasteiger partial charge is 0.265 e. The zero-order valence-corrected chi connectivity index (χ0v) is 20.2. The zero-order chi connectivity index (χ0) is 21.8. The highest BCUT2D eigenvalue weighted by Gasteiger charge is 2.36. The topological polar surface area (TPSA) is 62.7 Å². The Kier molecular flexibility index (Phi) is 7.27. The van der Waals surface area contributed by atoms with Crippen LogP contribution in [-0.2, 0) is 4.79 Å². The number of amides is 2. The van der Waals surface area contributed by atoms with Gasteiger partial charge < -0.3 is 14.5 Å². The first-order valence-corrected chi connectivity index (χ1v) is 12.6.